The summed E-state index contributed by atoms with van der Waals surface area (Å²) >= 11 is 0. The summed E-state index contributed by atoms with van der Waals surface area (Å²) in [7, 11) is 0. The highest BCUT2D eigenvalue weighted by Gasteiger charge is 2.07. The van der Waals surface area contributed by atoms with Gasteiger partial charge in [0.25, 0.3) is 5.91 Å². The first-order valence-corrected chi connectivity index (χ1v) is 7.32. The zero-order chi connectivity index (χ0) is 18.2. The highest BCUT2D eigenvalue weighted by atomic mass is 16.4. The Morgan fingerprint density at radius 1 is 0.960 bits per heavy atom. The van der Waals surface area contributed by atoms with Crippen LogP contribution in [0.2, 0.25) is 0 Å². The number of benzene rings is 2. The first-order valence-electron chi connectivity index (χ1n) is 7.32. The second kappa shape index (κ2) is 8.30. The Morgan fingerprint density at radius 2 is 1.60 bits per heavy atom. The lowest BCUT2D eigenvalue weighted by molar-refractivity contribution is -0.135. The van der Waals surface area contributed by atoms with Gasteiger partial charge in [0.2, 0.25) is 5.91 Å². The van der Waals surface area contributed by atoms with Gasteiger partial charge in [0.15, 0.2) is 0 Å². The van der Waals surface area contributed by atoms with Gasteiger partial charge >= 0.3 is 5.97 Å². The van der Waals surface area contributed by atoms with Crippen molar-refractivity contribution in [2.24, 2.45) is 0 Å². The number of rotatable bonds is 6. The molecule has 7 nitrogen and oxygen atoms in total. The topological polar surface area (TPSA) is 116 Å². The van der Waals surface area contributed by atoms with Gasteiger partial charge in [-0.3, -0.25) is 14.4 Å². The molecule has 128 valence electrons. The molecule has 7 heteroatoms. The van der Waals surface area contributed by atoms with E-state index >= 15 is 0 Å². The van der Waals surface area contributed by atoms with E-state index in [1.807, 2.05) is 0 Å². The number of amides is 2. The lowest BCUT2D eigenvalue weighted by Crippen LogP contribution is -2.29. The van der Waals surface area contributed by atoms with E-state index < -0.39 is 18.4 Å². The van der Waals surface area contributed by atoms with Crippen molar-refractivity contribution in [2.75, 3.05) is 11.9 Å². The molecule has 2 aromatic rings. The largest absolute Gasteiger partial charge is 0.508 e. The number of nitrogens with one attached hydrogen (secondary N) is 2. The van der Waals surface area contributed by atoms with Crippen molar-refractivity contribution < 1.29 is 24.6 Å². The Bertz CT molecular complexity index is 795. The Labute approximate surface area is 143 Å². The van der Waals surface area contributed by atoms with Crippen molar-refractivity contribution in [1.29, 1.82) is 0 Å². The predicted molar refractivity (Wildman–Crippen MR) is 92.2 cm³/mol. The second-order valence-corrected chi connectivity index (χ2v) is 5.07. The molecule has 0 spiro atoms. The summed E-state index contributed by atoms with van der Waals surface area (Å²) in [5.74, 6) is -1.84. The van der Waals surface area contributed by atoms with Crippen molar-refractivity contribution in [3.8, 4) is 5.75 Å². The minimum absolute atomic E-state index is 0.147. The normalized spacial score (nSPS) is 10.4. The van der Waals surface area contributed by atoms with Gasteiger partial charge in [-0.15, -0.1) is 0 Å². The molecule has 2 amide bonds. The number of aliphatic carboxylic acids is 1. The summed E-state index contributed by atoms with van der Waals surface area (Å²) < 4.78 is 0. The first kappa shape index (κ1) is 17.7. The lowest BCUT2D eigenvalue weighted by Gasteiger charge is -2.05. The molecule has 0 aliphatic rings. The Kier molecular flexibility index (Phi) is 5.89. The van der Waals surface area contributed by atoms with Crippen LogP contribution in [0.1, 0.15) is 15.9 Å². The zero-order valence-electron chi connectivity index (χ0n) is 13.1. The lowest BCUT2D eigenvalue weighted by atomic mass is 10.2. The number of carbonyl (C=O) groups excluding carboxylic acids is 2. The molecule has 0 heterocycles. The smallest absolute Gasteiger partial charge is 0.322 e. The van der Waals surface area contributed by atoms with E-state index in [1.165, 1.54) is 30.3 Å². The first-order chi connectivity index (χ1) is 11.9. The summed E-state index contributed by atoms with van der Waals surface area (Å²) in [6, 6.07) is 12.4. The van der Waals surface area contributed by atoms with Gasteiger partial charge in [-0.25, -0.2) is 0 Å². The van der Waals surface area contributed by atoms with E-state index in [9.17, 15) is 19.5 Å². The SMILES string of the molecule is O=C(O)CNC(=O)c1ccc(NC(=O)/C=C/c2ccc(O)cc2)cc1. The third kappa shape index (κ3) is 5.83. The fourth-order valence-electron chi connectivity index (χ4n) is 1.90. The molecular formula is C18H16N2O5. The van der Waals surface area contributed by atoms with Crippen molar-refractivity contribution in [3.63, 3.8) is 0 Å². The fraction of sp³-hybridized carbons (Fsp3) is 0.0556. The summed E-state index contributed by atoms with van der Waals surface area (Å²) in [5.41, 5.74) is 1.55. The number of phenolic OH excluding ortho intramolecular Hbond substituents is 1. The van der Waals surface area contributed by atoms with Crippen molar-refractivity contribution >= 4 is 29.5 Å². The molecule has 0 bridgehead atoms. The van der Waals surface area contributed by atoms with E-state index in [1.54, 1.807) is 30.3 Å². The van der Waals surface area contributed by atoms with Crippen LogP contribution >= 0.6 is 0 Å². The molecule has 0 aliphatic carbocycles. The molecule has 0 aliphatic heterocycles. The van der Waals surface area contributed by atoms with Crippen LogP contribution < -0.4 is 10.6 Å². The van der Waals surface area contributed by atoms with Gasteiger partial charge in [0.1, 0.15) is 12.3 Å². The Balaban J connectivity index is 1.91. The number of carbonyl (C=O) groups is 3. The van der Waals surface area contributed by atoms with E-state index in [-0.39, 0.29) is 11.7 Å². The number of carboxylic acids is 1. The predicted octanol–water partition coefficient (Wildman–Crippen LogP) is 1.86. The van der Waals surface area contributed by atoms with Gasteiger partial charge in [-0.1, -0.05) is 12.1 Å². The number of anilines is 1. The maximum absolute atomic E-state index is 11.9. The zero-order valence-corrected chi connectivity index (χ0v) is 13.1. The van der Waals surface area contributed by atoms with Crippen LogP contribution in [0.15, 0.2) is 54.6 Å². The minimum Gasteiger partial charge on any atom is -0.508 e. The fourth-order valence-corrected chi connectivity index (χ4v) is 1.90. The molecule has 2 aromatic carbocycles. The second-order valence-electron chi connectivity index (χ2n) is 5.07. The Hall–Kier alpha value is -3.61. The summed E-state index contributed by atoms with van der Waals surface area (Å²) in [5, 5.41) is 22.6. The van der Waals surface area contributed by atoms with Gasteiger partial charge in [0, 0.05) is 17.3 Å². The van der Waals surface area contributed by atoms with E-state index in [2.05, 4.69) is 10.6 Å². The van der Waals surface area contributed by atoms with Crippen LogP contribution in [0.25, 0.3) is 6.08 Å². The third-order valence-electron chi connectivity index (χ3n) is 3.14. The van der Waals surface area contributed by atoms with Gasteiger partial charge in [-0.2, -0.15) is 0 Å². The van der Waals surface area contributed by atoms with Crippen LogP contribution in [0, 0.1) is 0 Å². The van der Waals surface area contributed by atoms with Gasteiger partial charge < -0.3 is 20.8 Å². The number of hydrogen-bond donors (Lipinski definition) is 4. The molecule has 0 aromatic heterocycles. The van der Waals surface area contributed by atoms with E-state index in [4.69, 9.17) is 5.11 Å². The molecule has 0 atom stereocenters. The van der Waals surface area contributed by atoms with E-state index in [0.717, 1.165) is 5.56 Å². The molecule has 0 radical (unpaired) electrons. The monoisotopic (exact) mass is 340 g/mol. The average molecular weight is 340 g/mol. The summed E-state index contributed by atoms with van der Waals surface area (Å²) in [4.78, 5) is 33.9. The number of carboxylic acid groups (broad SMARTS) is 1. The van der Waals surface area contributed by atoms with E-state index in [0.29, 0.717) is 11.3 Å². The number of aromatic hydroxyl groups is 1. The standard InChI is InChI=1S/C18H16N2O5/c21-15-8-1-12(2-9-15)3-10-16(22)20-14-6-4-13(5-7-14)18(25)19-11-17(23)24/h1-10,21H,11H2,(H,19,25)(H,20,22)(H,23,24)/b10-3+. The van der Waals surface area contributed by atoms with Crippen LogP contribution in [0.4, 0.5) is 5.69 Å². The number of hydrogen-bond acceptors (Lipinski definition) is 4. The molecule has 25 heavy (non-hydrogen) atoms. The van der Waals surface area contributed by atoms with Gasteiger partial charge in [-0.05, 0) is 48.0 Å². The van der Waals surface area contributed by atoms with Crippen molar-refractivity contribution in [1.82, 2.24) is 5.32 Å². The minimum atomic E-state index is -1.13. The van der Waals surface area contributed by atoms with Gasteiger partial charge in [0.05, 0.1) is 0 Å². The number of phenols is 1. The van der Waals surface area contributed by atoms with Crippen LogP contribution in [0.5, 0.6) is 5.75 Å². The molecular weight excluding hydrogens is 324 g/mol. The molecule has 0 unspecified atom stereocenters. The highest BCUT2D eigenvalue weighted by molar-refractivity contribution is 6.02. The molecule has 2 rings (SSSR count). The maximum atomic E-state index is 11.9. The molecule has 4 N–H and O–H groups in total. The summed E-state index contributed by atoms with van der Waals surface area (Å²) in [6.07, 6.45) is 2.95. The summed E-state index contributed by atoms with van der Waals surface area (Å²) in [6.45, 7) is -0.459. The third-order valence-corrected chi connectivity index (χ3v) is 3.14. The van der Waals surface area contributed by atoms with Crippen LogP contribution in [-0.2, 0) is 9.59 Å². The molecule has 0 saturated carbocycles. The highest BCUT2D eigenvalue weighted by Crippen LogP contribution is 2.12. The van der Waals surface area contributed by atoms with Crippen molar-refractivity contribution in [3.05, 3.63) is 65.7 Å². The van der Waals surface area contributed by atoms with Crippen LogP contribution in [0.3, 0.4) is 0 Å². The average Bonchev–Trinajstić information content (AvgIpc) is 2.60. The van der Waals surface area contributed by atoms with Crippen LogP contribution in [-0.4, -0.2) is 34.5 Å². The quantitative estimate of drug-likeness (QED) is 0.599. The van der Waals surface area contributed by atoms with Crippen molar-refractivity contribution in [2.45, 2.75) is 0 Å². The maximum Gasteiger partial charge on any atom is 0.322 e. The molecule has 0 saturated heterocycles. The Morgan fingerprint density at radius 3 is 2.20 bits per heavy atom. The molecule has 0 fully saturated rings.